The minimum Gasteiger partial charge on any atom is -0.300 e. The van der Waals surface area contributed by atoms with E-state index < -0.39 is 206 Å². The molecule has 0 aliphatic carbocycles. The van der Waals surface area contributed by atoms with E-state index in [9.17, 15) is 87.8 Å². The Morgan fingerprint density at radius 2 is 0.417 bits per heavy atom. The highest BCUT2D eigenvalue weighted by Gasteiger charge is 2.49. The fraction of sp³-hybridized carbons (Fsp3) is 0.0952. The van der Waals surface area contributed by atoms with Crippen LogP contribution < -0.4 is 9.80 Å². The molecule has 0 atom stereocenters. The number of rotatable bonds is 6. The van der Waals surface area contributed by atoms with Crippen LogP contribution in [0.3, 0.4) is 0 Å². The first-order valence-electron chi connectivity index (χ1n) is 18.3. The van der Waals surface area contributed by atoms with E-state index in [-0.39, 0.29) is 12.1 Å². The Labute approximate surface area is 377 Å². The predicted molar refractivity (Wildman–Crippen MR) is 190 cm³/mol. The molecule has 0 amide bonds. The maximum atomic E-state index is 15.6. The van der Waals surface area contributed by atoms with Crippen LogP contribution in [-0.2, 0) is 24.7 Å². The van der Waals surface area contributed by atoms with Crippen molar-refractivity contribution in [3.05, 3.63) is 164 Å². The number of benzene rings is 7. The van der Waals surface area contributed by atoms with Gasteiger partial charge in [0.15, 0.2) is 93.1 Å². The van der Waals surface area contributed by atoms with Crippen molar-refractivity contribution < 1.29 is 123 Å². The van der Waals surface area contributed by atoms with Crippen LogP contribution in [0, 0.1) is 93.1 Å². The molecule has 0 saturated heterocycles. The maximum absolute atomic E-state index is 15.6. The molecule has 0 heterocycles. The van der Waals surface area contributed by atoms with Crippen LogP contribution >= 0.6 is 0 Å². The molecule has 0 saturated carbocycles. The number of hydrogen-bond acceptors (Lipinski definition) is 2. The smallest absolute Gasteiger partial charge is 0.300 e. The van der Waals surface area contributed by atoms with Gasteiger partial charge in [0.1, 0.15) is 45.0 Å². The lowest BCUT2D eigenvalue weighted by Gasteiger charge is -2.29. The van der Waals surface area contributed by atoms with Crippen molar-refractivity contribution in [1.29, 1.82) is 0 Å². The predicted octanol–water partition coefficient (Wildman–Crippen LogP) is 17.2. The van der Waals surface area contributed by atoms with E-state index in [1.807, 2.05) is 0 Å². The fourth-order valence-electron chi connectivity index (χ4n) is 7.33. The molecule has 2 nitrogen and oxygen atoms in total. The van der Waals surface area contributed by atoms with Crippen LogP contribution in [-0.4, -0.2) is 0 Å². The van der Waals surface area contributed by atoms with Gasteiger partial charge in [0, 0.05) is 11.4 Å². The molecule has 0 aliphatic rings. The molecule has 0 aromatic heterocycles. The summed E-state index contributed by atoms with van der Waals surface area (Å²) in [6, 6.07) is 3.40. The molecule has 0 spiro atoms. The van der Waals surface area contributed by atoms with E-state index in [1.165, 1.54) is 0 Å². The van der Waals surface area contributed by atoms with Crippen LogP contribution in [0.25, 0.3) is 21.5 Å². The molecule has 0 aliphatic heterocycles. The van der Waals surface area contributed by atoms with E-state index in [2.05, 4.69) is 0 Å². The molecule has 7 aromatic rings. The van der Waals surface area contributed by atoms with Gasteiger partial charge >= 0.3 is 24.7 Å². The fourth-order valence-corrected chi connectivity index (χ4v) is 7.33. The quantitative estimate of drug-likeness (QED) is 0.0930. The lowest BCUT2D eigenvalue weighted by Crippen LogP contribution is -2.24. The summed E-state index contributed by atoms with van der Waals surface area (Å²) in [5.74, 6) is -53.4. The highest BCUT2D eigenvalue weighted by atomic mass is 19.4. The molecule has 7 aromatic carbocycles. The Kier molecular flexibility index (Phi) is 12.5. The molecule has 72 heavy (non-hydrogen) atoms. The largest absolute Gasteiger partial charge is 0.422 e. The molecular weight excluding hydrogens is 1060 g/mol. The lowest BCUT2D eigenvalue weighted by atomic mass is 9.99. The number of nitrogens with zero attached hydrogens (tertiary/aromatic N) is 2. The molecule has 0 N–H and O–H groups in total. The van der Waals surface area contributed by atoms with Crippen molar-refractivity contribution in [3.8, 4) is 0 Å². The third-order valence-electron chi connectivity index (χ3n) is 10.3. The Morgan fingerprint density at radius 1 is 0.236 bits per heavy atom. The SMILES string of the molecule is Fc1c(F)c(C(F)(F)F)c(F)c(F)c1N(c1ccc2c(ccc3cc(N(c4c(F)c(F)c(C(F)(F)F)c(F)c4F)c4c(F)c(F)c(C(F)(F)F)c(F)c4F)ccc32)c1)c1c(F)c(F)c(C(F)(F)F)c(F)c1F. The summed E-state index contributed by atoms with van der Waals surface area (Å²) in [4.78, 5) is -1.93. The summed E-state index contributed by atoms with van der Waals surface area (Å²) >= 11 is 0. The second-order valence-electron chi connectivity index (χ2n) is 14.5. The molecule has 7 rings (SSSR count). The van der Waals surface area contributed by atoms with Gasteiger partial charge in [-0.1, -0.05) is 24.3 Å². The van der Waals surface area contributed by atoms with Crippen molar-refractivity contribution in [3.63, 3.8) is 0 Å². The number of anilines is 6. The summed E-state index contributed by atoms with van der Waals surface area (Å²) < 4.78 is 406. The van der Waals surface area contributed by atoms with E-state index in [0.717, 1.165) is 0 Å². The average Bonchev–Trinajstić information content (AvgIpc) is 3.26. The van der Waals surface area contributed by atoms with Crippen molar-refractivity contribution in [2.75, 3.05) is 9.80 Å². The summed E-state index contributed by atoms with van der Waals surface area (Å²) in [6.45, 7) is 0. The number of halogens is 28. The van der Waals surface area contributed by atoms with Crippen LogP contribution in [0.1, 0.15) is 22.3 Å². The average molecular weight is 1070 g/mol. The number of fused-ring (bicyclic) bond motifs is 3. The number of alkyl halides is 12. The minimum atomic E-state index is -6.32. The lowest BCUT2D eigenvalue weighted by molar-refractivity contribution is -0.144. The van der Waals surface area contributed by atoms with Crippen molar-refractivity contribution >= 4 is 55.7 Å². The highest BCUT2D eigenvalue weighted by molar-refractivity contribution is 6.10. The molecule has 0 unspecified atom stereocenters. The van der Waals surface area contributed by atoms with E-state index in [4.69, 9.17) is 0 Å². The van der Waals surface area contributed by atoms with Gasteiger partial charge in [-0.3, -0.25) is 9.80 Å². The van der Waals surface area contributed by atoms with Gasteiger partial charge < -0.3 is 0 Å². The zero-order valence-electron chi connectivity index (χ0n) is 33.1. The van der Waals surface area contributed by atoms with E-state index in [0.29, 0.717) is 36.4 Å². The molecule has 382 valence electrons. The number of hydrogen-bond donors (Lipinski definition) is 0. The molecule has 0 radical (unpaired) electrons. The third-order valence-corrected chi connectivity index (χ3v) is 10.3. The van der Waals surface area contributed by atoms with Crippen LogP contribution in [0.15, 0.2) is 48.5 Å². The molecular formula is C42H8F28N2. The van der Waals surface area contributed by atoms with Crippen LogP contribution in [0.5, 0.6) is 0 Å². The van der Waals surface area contributed by atoms with Gasteiger partial charge in [0.25, 0.3) is 0 Å². The minimum absolute atomic E-state index is 0.248. The molecule has 0 bridgehead atoms. The van der Waals surface area contributed by atoms with Crippen molar-refractivity contribution in [2.24, 2.45) is 0 Å². The van der Waals surface area contributed by atoms with Crippen LogP contribution in [0.4, 0.5) is 157 Å². The Morgan fingerprint density at radius 3 is 0.583 bits per heavy atom. The standard InChI is InChI=1S/C42H8F28N2/c43-19-15(39(59,60)61)20(44)28(52)35(27(19)51)71(36-29(53)21(45)16(40(62,63)64)22(46)30(36)54)11-3-5-13-9(7-11)1-2-10-8-12(4-6-14(10)13)72(37-31(55)23(47)17(41(65,66)67)24(48)32(37)56)38-33(57)25(49)18(42(68,69)70)26(50)34(38)58/h1-8H. The zero-order valence-corrected chi connectivity index (χ0v) is 33.1. The Hall–Kier alpha value is -7.30. The zero-order chi connectivity index (χ0) is 54.1. The first-order chi connectivity index (χ1) is 33.0. The first-order valence-corrected chi connectivity index (χ1v) is 18.3. The summed E-state index contributed by atoms with van der Waals surface area (Å²) in [7, 11) is 0. The third kappa shape index (κ3) is 8.10. The van der Waals surface area contributed by atoms with E-state index in [1.54, 1.807) is 0 Å². The second kappa shape index (κ2) is 17.2. The Balaban J connectivity index is 1.53. The van der Waals surface area contributed by atoms with Crippen molar-refractivity contribution in [2.45, 2.75) is 24.7 Å². The van der Waals surface area contributed by atoms with Crippen LogP contribution in [0.2, 0.25) is 0 Å². The normalized spacial score (nSPS) is 12.7. The van der Waals surface area contributed by atoms with Gasteiger partial charge in [-0.2, -0.15) is 52.7 Å². The molecule has 0 fully saturated rings. The second-order valence-corrected chi connectivity index (χ2v) is 14.5. The van der Waals surface area contributed by atoms with Gasteiger partial charge in [-0.25, -0.2) is 70.2 Å². The molecule has 30 heteroatoms. The Bertz CT molecular complexity index is 2940. The van der Waals surface area contributed by atoms with Crippen molar-refractivity contribution in [1.82, 2.24) is 0 Å². The topological polar surface area (TPSA) is 6.48 Å². The first kappa shape index (κ1) is 52.5. The van der Waals surface area contributed by atoms with Gasteiger partial charge in [-0.05, 0) is 45.8 Å². The van der Waals surface area contributed by atoms with Gasteiger partial charge in [0.2, 0.25) is 0 Å². The summed E-state index contributed by atoms with van der Waals surface area (Å²) in [5, 5.41) is -2.24. The summed E-state index contributed by atoms with van der Waals surface area (Å²) in [6.07, 6.45) is -25.3. The van der Waals surface area contributed by atoms with E-state index >= 15 is 35.1 Å². The van der Waals surface area contributed by atoms with Gasteiger partial charge in [-0.15, -0.1) is 0 Å². The monoisotopic (exact) mass is 1070 g/mol. The summed E-state index contributed by atoms with van der Waals surface area (Å²) in [5.41, 5.74) is -27.3. The maximum Gasteiger partial charge on any atom is 0.422 e. The van der Waals surface area contributed by atoms with Gasteiger partial charge in [0.05, 0.1) is 0 Å². The highest BCUT2D eigenvalue weighted by Crippen LogP contribution is 2.51.